The molecule has 3 aromatic carbocycles. The number of fused-ring (bicyclic) bond motifs is 3. The second-order valence-electron chi connectivity index (χ2n) is 19.0. The molecule has 2 saturated heterocycles. The van der Waals surface area contributed by atoms with Crippen molar-refractivity contribution >= 4 is 34.2 Å². The number of likely N-dealkylation sites (tertiary alicyclic amines) is 2. The van der Waals surface area contributed by atoms with Gasteiger partial charge in [0.05, 0.1) is 24.0 Å². The Morgan fingerprint density at radius 1 is 0.704 bits per heavy atom. The van der Waals surface area contributed by atoms with Crippen LogP contribution in [0, 0.1) is 10.8 Å². The highest BCUT2D eigenvalue weighted by Crippen LogP contribution is 2.63. The van der Waals surface area contributed by atoms with Gasteiger partial charge in [-0.2, -0.15) is 0 Å². The molecule has 0 bridgehead atoms. The molecule has 280 valence electrons. The van der Waals surface area contributed by atoms with Crippen molar-refractivity contribution in [3.63, 3.8) is 0 Å². The van der Waals surface area contributed by atoms with Gasteiger partial charge in [0.2, 0.25) is 0 Å². The molecule has 1 aromatic heterocycles. The van der Waals surface area contributed by atoms with Crippen molar-refractivity contribution < 1.29 is 19.1 Å². The number of nitrogens with zero attached hydrogens (tertiary/aromatic N) is 4. The average Bonchev–Trinajstić information content (AvgIpc) is 3.57. The summed E-state index contributed by atoms with van der Waals surface area (Å²) in [4.78, 5) is 43.5. The zero-order valence-corrected chi connectivity index (χ0v) is 32.7. The molecular formula is C45H51N5O4. The smallest absolute Gasteiger partial charge is 0.411 e. The molecule has 4 fully saturated rings. The number of rotatable bonds is 5. The van der Waals surface area contributed by atoms with E-state index in [1.165, 1.54) is 5.57 Å². The summed E-state index contributed by atoms with van der Waals surface area (Å²) in [6, 6.07) is 22.1. The Morgan fingerprint density at radius 2 is 1.22 bits per heavy atom. The number of carbonyl (C=O) groups is 2. The first-order chi connectivity index (χ1) is 25.5. The topological polar surface area (TPSA) is 100 Å². The average molecular weight is 726 g/mol. The van der Waals surface area contributed by atoms with Gasteiger partial charge >= 0.3 is 12.2 Å². The van der Waals surface area contributed by atoms with E-state index in [1.54, 1.807) is 0 Å². The third kappa shape index (κ3) is 6.19. The van der Waals surface area contributed by atoms with Gasteiger partial charge in [-0.05, 0) is 123 Å². The predicted octanol–water partition coefficient (Wildman–Crippen LogP) is 10.3. The van der Waals surface area contributed by atoms with Gasteiger partial charge in [0.1, 0.15) is 17.0 Å². The zero-order valence-electron chi connectivity index (χ0n) is 32.7. The maximum Gasteiger partial charge on any atom is 0.411 e. The van der Waals surface area contributed by atoms with Crippen LogP contribution in [0.4, 0.5) is 9.59 Å². The third-order valence-electron chi connectivity index (χ3n) is 12.3. The van der Waals surface area contributed by atoms with E-state index < -0.39 is 11.2 Å². The number of ether oxygens (including phenoxy) is 2. The van der Waals surface area contributed by atoms with E-state index >= 15 is 0 Å². The molecule has 0 spiro atoms. The minimum Gasteiger partial charge on any atom is -0.444 e. The molecule has 9 rings (SSSR count). The number of aromatic nitrogens is 2. The maximum absolute atomic E-state index is 13.2. The van der Waals surface area contributed by atoms with E-state index in [4.69, 9.17) is 19.5 Å². The summed E-state index contributed by atoms with van der Waals surface area (Å²) in [7, 11) is 0. The van der Waals surface area contributed by atoms with Gasteiger partial charge in [-0.25, -0.2) is 14.6 Å². The lowest BCUT2D eigenvalue weighted by Crippen LogP contribution is -2.45. The van der Waals surface area contributed by atoms with Gasteiger partial charge in [-0.15, -0.1) is 0 Å². The number of hydrogen-bond acceptors (Lipinski definition) is 6. The molecule has 0 unspecified atom stereocenters. The summed E-state index contributed by atoms with van der Waals surface area (Å²) in [5.74, 6) is 0.812. The van der Waals surface area contributed by atoms with E-state index in [0.29, 0.717) is 0 Å². The van der Waals surface area contributed by atoms with E-state index in [2.05, 4.69) is 79.5 Å². The molecule has 1 N–H and O–H groups in total. The van der Waals surface area contributed by atoms with Gasteiger partial charge in [0.15, 0.2) is 0 Å². The monoisotopic (exact) mass is 725 g/mol. The molecule has 4 aromatic rings. The van der Waals surface area contributed by atoms with Crippen LogP contribution in [-0.4, -0.2) is 67.0 Å². The van der Waals surface area contributed by atoms with Gasteiger partial charge in [-0.3, -0.25) is 14.8 Å². The Morgan fingerprint density at radius 3 is 1.83 bits per heavy atom. The van der Waals surface area contributed by atoms with Crippen LogP contribution in [-0.2, 0) is 9.47 Å². The van der Waals surface area contributed by atoms with Gasteiger partial charge in [-0.1, -0.05) is 62.4 Å². The Hall–Kier alpha value is -4.92. The zero-order chi connectivity index (χ0) is 37.9. The molecule has 9 heteroatoms. The summed E-state index contributed by atoms with van der Waals surface area (Å²) >= 11 is 0. The number of amides is 2. The molecule has 0 radical (unpaired) electrons. The van der Waals surface area contributed by atoms with E-state index in [0.717, 1.165) is 82.4 Å². The van der Waals surface area contributed by atoms with Crippen molar-refractivity contribution in [2.24, 2.45) is 15.8 Å². The fourth-order valence-electron chi connectivity index (χ4n) is 9.18. The maximum atomic E-state index is 13.2. The third-order valence-corrected chi connectivity index (χ3v) is 12.3. The minimum atomic E-state index is -0.546. The van der Waals surface area contributed by atoms with Crippen molar-refractivity contribution in [1.29, 1.82) is 0 Å². The van der Waals surface area contributed by atoms with Crippen molar-refractivity contribution in [1.82, 2.24) is 19.8 Å². The first kappa shape index (κ1) is 34.8. The van der Waals surface area contributed by atoms with Crippen LogP contribution < -0.4 is 0 Å². The van der Waals surface area contributed by atoms with Crippen molar-refractivity contribution in [2.75, 3.05) is 0 Å². The van der Waals surface area contributed by atoms with E-state index in [1.807, 2.05) is 63.7 Å². The second-order valence-corrected chi connectivity index (χ2v) is 19.0. The molecular weight excluding hydrogens is 675 g/mol. The van der Waals surface area contributed by atoms with Gasteiger partial charge in [0, 0.05) is 36.0 Å². The summed E-state index contributed by atoms with van der Waals surface area (Å²) in [5.41, 5.74) is 6.91. The number of nitrogens with one attached hydrogen (secondary N) is 1. The number of imidazole rings is 1. The highest BCUT2D eigenvalue weighted by molar-refractivity contribution is 6.03. The molecule has 6 atom stereocenters. The second kappa shape index (κ2) is 11.8. The van der Waals surface area contributed by atoms with E-state index in [-0.39, 0.29) is 47.2 Å². The fourth-order valence-corrected chi connectivity index (χ4v) is 9.18. The number of carbonyl (C=O) groups excluding carboxylic acids is 2. The largest absolute Gasteiger partial charge is 0.444 e. The van der Waals surface area contributed by atoms with Crippen LogP contribution >= 0.6 is 0 Å². The lowest BCUT2D eigenvalue weighted by molar-refractivity contribution is 0.0172. The fraction of sp³-hybridized carbons (Fsp3) is 0.467. The molecule has 2 aliphatic carbocycles. The summed E-state index contributed by atoms with van der Waals surface area (Å²) < 4.78 is 11.6. The highest BCUT2D eigenvalue weighted by Gasteiger charge is 2.65. The molecule has 5 aliphatic rings. The number of allylic oxidation sites excluding steroid dienone is 1. The quantitative estimate of drug-likeness (QED) is 0.221. The van der Waals surface area contributed by atoms with Crippen LogP contribution in [0.5, 0.6) is 0 Å². The molecule has 54 heavy (non-hydrogen) atoms. The van der Waals surface area contributed by atoms with Crippen LogP contribution in [0.15, 0.2) is 78.1 Å². The van der Waals surface area contributed by atoms with Crippen LogP contribution in [0.25, 0.3) is 38.7 Å². The number of piperidine rings is 2. The molecule has 4 heterocycles. The SMILES string of the molecule is CC(C)(C)OC(=O)N1[C@H](C2=NC=C(c3ccc(-c4ccc5cc(-c6cnc([C@@H]7C[C@@]8(C)C[C@H]8N7C(=O)OC(C)(C)C)[nH]6)ccc5c4)cc3)C2)C[C@@]2(C)C[C@@H]12. The number of benzene rings is 3. The molecule has 2 amide bonds. The van der Waals surface area contributed by atoms with Crippen molar-refractivity contribution in [2.45, 2.75) is 123 Å². The Balaban J connectivity index is 0.871. The molecule has 9 nitrogen and oxygen atoms in total. The minimum absolute atomic E-state index is 0.0130. The Labute approximate surface area is 317 Å². The van der Waals surface area contributed by atoms with Crippen LogP contribution in [0.2, 0.25) is 0 Å². The summed E-state index contributed by atoms with van der Waals surface area (Å²) in [5, 5.41) is 2.31. The number of H-pyrrole nitrogens is 1. The van der Waals surface area contributed by atoms with Crippen molar-refractivity contribution in [3.05, 3.63) is 84.4 Å². The predicted molar refractivity (Wildman–Crippen MR) is 212 cm³/mol. The van der Waals surface area contributed by atoms with Gasteiger partial charge in [0.25, 0.3) is 0 Å². The normalized spacial score (nSPS) is 28.4. The van der Waals surface area contributed by atoms with Crippen LogP contribution in [0.1, 0.15) is 105 Å². The lowest BCUT2D eigenvalue weighted by Gasteiger charge is -2.30. The van der Waals surface area contributed by atoms with Crippen LogP contribution in [0.3, 0.4) is 0 Å². The van der Waals surface area contributed by atoms with Gasteiger partial charge < -0.3 is 14.5 Å². The Kier molecular flexibility index (Phi) is 7.60. The number of hydrogen-bond donors (Lipinski definition) is 1. The first-order valence-corrected chi connectivity index (χ1v) is 19.5. The number of aromatic amines is 1. The highest BCUT2D eigenvalue weighted by atomic mass is 16.6. The Bertz CT molecular complexity index is 2260. The van der Waals surface area contributed by atoms with E-state index in [9.17, 15) is 9.59 Å². The summed E-state index contributed by atoms with van der Waals surface area (Å²) in [6.45, 7) is 16.0. The standard InChI is InChI=1S/C45H51N5O4/c1-42(2,3)53-40(51)49-35(20-44(7)22-37(44)49)33-19-32(24-46-33)27-11-9-26(10-12-27)28-13-14-30-18-31(16-15-29(30)17-28)34-25-47-39(48-34)36-21-45(8)23-38(45)50(36)41(52)54-43(4,5)6/h9-18,24-25,35-38H,19-23H2,1-8H3,(H,47,48)/t35-,36-,37+,38+,44-,45-/m0/s1. The summed E-state index contributed by atoms with van der Waals surface area (Å²) in [6.07, 6.45) is 8.00. The van der Waals surface area contributed by atoms with Crippen molar-refractivity contribution in [3.8, 4) is 22.4 Å². The molecule has 3 aliphatic heterocycles. The molecule has 2 saturated carbocycles. The number of aliphatic imine (C=N–C) groups is 1. The first-order valence-electron chi connectivity index (χ1n) is 19.5. The lowest BCUT2D eigenvalue weighted by atomic mass is 9.93.